The van der Waals surface area contributed by atoms with E-state index in [-0.39, 0.29) is 11.9 Å². The molecule has 0 aliphatic carbocycles. The lowest BCUT2D eigenvalue weighted by Gasteiger charge is -2.14. The summed E-state index contributed by atoms with van der Waals surface area (Å²) in [5.41, 5.74) is 8.83. The average molecular weight is 343 g/mol. The molecular weight excluding hydrogens is 329 g/mol. The number of aryl methyl sites for hydroxylation is 1. The van der Waals surface area contributed by atoms with Gasteiger partial charge in [-0.15, -0.1) is 0 Å². The number of hydrogen-bond acceptors (Lipinski definition) is 1. The van der Waals surface area contributed by atoms with Crippen molar-refractivity contribution in [1.29, 1.82) is 0 Å². The second-order valence-electron chi connectivity index (χ2n) is 4.55. The molecule has 19 heavy (non-hydrogen) atoms. The van der Waals surface area contributed by atoms with Crippen LogP contribution in [0.3, 0.4) is 0 Å². The van der Waals surface area contributed by atoms with Crippen molar-refractivity contribution in [2.24, 2.45) is 5.73 Å². The van der Waals surface area contributed by atoms with Gasteiger partial charge in [0.25, 0.3) is 0 Å². The zero-order valence-corrected chi connectivity index (χ0v) is 12.8. The van der Waals surface area contributed by atoms with Gasteiger partial charge in [0.05, 0.1) is 0 Å². The Hall–Kier alpha value is -0.900. The maximum Gasteiger partial charge on any atom is 0.127 e. The van der Waals surface area contributed by atoms with E-state index >= 15 is 0 Å². The van der Waals surface area contributed by atoms with E-state index in [2.05, 4.69) is 15.9 Å². The summed E-state index contributed by atoms with van der Waals surface area (Å²) in [6.07, 6.45) is 0.448. The summed E-state index contributed by atoms with van der Waals surface area (Å²) in [5, 5.41) is 0.398. The summed E-state index contributed by atoms with van der Waals surface area (Å²) in [6.45, 7) is 2.00. The van der Waals surface area contributed by atoms with Crippen LogP contribution < -0.4 is 5.73 Å². The van der Waals surface area contributed by atoms with E-state index in [1.807, 2.05) is 25.1 Å². The molecule has 2 rings (SSSR count). The number of hydrogen-bond donors (Lipinski definition) is 1. The molecular formula is C15H14BrClFN. The van der Waals surface area contributed by atoms with E-state index in [9.17, 15) is 4.39 Å². The Morgan fingerprint density at radius 2 is 2.00 bits per heavy atom. The zero-order chi connectivity index (χ0) is 14.0. The normalized spacial score (nSPS) is 12.5. The number of nitrogens with two attached hydrogens (primary N) is 1. The molecule has 0 heterocycles. The lowest BCUT2D eigenvalue weighted by molar-refractivity contribution is 0.593. The largest absolute Gasteiger partial charge is 0.324 e. The first kappa shape index (κ1) is 14.5. The zero-order valence-electron chi connectivity index (χ0n) is 10.5. The molecule has 1 nitrogen and oxygen atoms in total. The molecule has 0 fully saturated rings. The molecule has 0 radical (unpaired) electrons. The van der Waals surface area contributed by atoms with Gasteiger partial charge in [-0.1, -0.05) is 45.7 Å². The third kappa shape index (κ3) is 3.56. The molecule has 0 aliphatic heterocycles. The molecule has 1 atom stereocenters. The van der Waals surface area contributed by atoms with Crippen molar-refractivity contribution in [1.82, 2.24) is 0 Å². The van der Waals surface area contributed by atoms with E-state index in [0.717, 1.165) is 15.6 Å². The lowest BCUT2D eigenvalue weighted by Crippen LogP contribution is -2.14. The predicted octanol–water partition coefficient (Wildman–Crippen LogP) is 4.79. The number of rotatable bonds is 3. The number of halogens is 3. The number of benzene rings is 2. The third-order valence-electron chi connectivity index (χ3n) is 3.07. The van der Waals surface area contributed by atoms with Crippen LogP contribution in [-0.4, -0.2) is 0 Å². The van der Waals surface area contributed by atoms with Crippen LogP contribution in [0.2, 0.25) is 5.02 Å². The first-order chi connectivity index (χ1) is 8.97. The van der Waals surface area contributed by atoms with Crippen molar-refractivity contribution in [3.05, 3.63) is 68.4 Å². The second kappa shape index (κ2) is 6.04. The van der Waals surface area contributed by atoms with Crippen molar-refractivity contribution in [3.8, 4) is 0 Å². The SMILES string of the molecule is Cc1cc(C(N)Cc2ccc(Cl)cc2F)ccc1Br. The van der Waals surface area contributed by atoms with Gasteiger partial charge in [-0.25, -0.2) is 4.39 Å². The Kier molecular flexibility index (Phi) is 4.61. The molecule has 0 aromatic heterocycles. The van der Waals surface area contributed by atoms with Crippen LogP contribution in [0.5, 0.6) is 0 Å². The van der Waals surface area contributed by atoms with Crippen molar-refractivity contribution in [2.75, 3.05) is 0 Å². The summed E-state index contributed by atoms with van der Waals surface area (Å²) >= 11 is 9.18. The fourth-order valence-electron chi connectivity index (χ4n) is 1.94. The Morgan fingerprint density at radius 3 is 2.63 bits per heavy atom. The standard InChI is InChI=1S/C15H14BrClFN/c1-9-6-11(3-5-13(9)16)15(19)7-10-2-4-12(17)8-14(10)18/h2-6,8,15H,7,19H2,1H3. The summed E-state index contributed by atoms with van der Waals surface area (Å²) in [5.74, 6) is -0.309. The highest BCUT2D eigenvalue weighted by atomic mass is 79.9. The van der Waals surface area contributed by atoms with Gasteiger partial charge in [0.2, 0.25) is 0 Å². The Balaban J connectivity index is 2.20. The molecule has 2 aromatic carbocycles. The molecule has 0 bridgehead atoms. The maximum absolute atomic E-state index is 13.7. The van der Waals surface area contributed by atoms with E-state index in [1.165, 1.54) is 6.07 Å². The fraction of sp³-hybridized carbons (Fsp3) is 0.200. The summed E-state index contributed by atoms with van der Waals surface area (Å²) in [4.78, 5) is 0. The highest BCUT2D eigenvalue weighted by molar-refractivity contribution is 9.10. The van der Waals surface area contributed by atoms with Crippen LogP contribution in [0, 0.1) is 12.7 Å². The lowest BCUT2D eigenvalue weighted by atomic mass is 9.98. The monoisotopic (exact) mass is 341 g/mol. The van der Waals surface area contributed by atoms with Gasteiger partial charge in [-0.05, 0) is 48.2 Å². The van der Waals surface area contributed by atoms with Gasteiger partial charge in [0, 0.05) is 15.5 Å². The van der Waals surface area contributed by atoms with Gasteiger partial charge in [0.15, 0.2) is 0 Å². The smallest absolute Gasteiger partial charge is 0.127 e. The molecule has 0 aliphatic rings. The minimum Gasteiger partial charge on any atom is -0.324 e. The molecule has 0 saturated carbocycles. The summed E-state index contributed by atoms with van der Waals surface area (Å²) < 4.78 is 14.8. The van der Waals surface area contributed by atoms with Crippen LogP contribution in [0.4, 0.5) is 4.39 Å². The molecule has 0 saturated heterocycles. The minimum absolute atomic E-state index is 0.234. The molecule has 0 amide bonds. The van der Waals surface area contributed by atoms with Crippen molar-refractivity contribution in [2.45, 2.75) is 19.4 Å². The van der Waals surface area contributed by atoms with Gasteiger partial charge in [0.1, 0.15) is 5.82 Å². The third-order valence-corrected chi connectivity index (χ3v) is 4.19. The molecule has 100 valence electrons. The first-order valence-corrected chi connectivity index (χ1v) is 7.10. The van der Waals surface area contributed by atoms with Gasteiger partial charge >= 0.3 is 0 Å². The van der Waals surface area contributed by atoms with Crippen molar-refractivity contribution >= 4 is 27.5 Å². The molecule has 1 unspecified atom stereocenters. The first-order valence-electron chi connectivity index (χ1n) is 5.93. The van der Waals surface area contributed by atoms with Crippen LogP contribution in [-0.2, 0) is 6.42 Å². The fourth-order valence-corrected chi connectivity index (χ4v) is 2.35. The molecule has 0 spiro atoms. The topological polar surface area (TPSA) is 26.0 Å². The van der Waals surface area contributed by atoms with E-state index < -0.39 is 0 Å². The Bertz CT molecular complexity index is 601. The molecule has 4 heteroatoms. The van der Waals surface area contributed by atoms with Crippen molar-refractivity contribution < 1.29 is 4.39 Å². The Labute approximate surface area is 125 Å². The quantitative estimate of drug-likeness (QED) is 0.852. The van der Waals surface area contributed by atoms with Crippen LogP contribution in [0.15, 0.2) is 40.9 Å². The van der Waals surface area contributed by atoms with E-state index in [1.54, 1.807) is 12.1 Å². The molecule has 2 N–H and O–H groups in total. The minimum atomic E-state index is -0.309. The van der Waals surface area contributed by atoms with Crippen LogP contribution in [0.1, 0.15) is 22.7 Å². The van der Waals surface area contributed by atoms with Crippen LogP contribution in [0.25, 0.3) is 0 Å². The van der Waals surface area contributed by atoms with Gasteiger partial charge < -0.3 is 5.73 Å². The Morgan fingerprint density at radius 1 is 1.26 bits per heavy atom. The highest BCUT2D eigenvalue weighted by Crippen LogP contribution is 2.24. The van der Waals surface area contributed by atoms with Crippen LogP contribution >= 0.6 is 27.5 Å². The van der Waals surface area contributed by atoms with Crippen molar-refractivity contribution in [3.63, 3.8) is 0 Å². The van der Waals surface area contributed by atoms with E-state index in [4.69, 9.17) is 17.3 Å². The van der Waals surface area contributed by atoms with Gasteiger partial charge in [-0.2, -0.15) is 0 Å². The summed E-state index contributed by atoms with van der Waals surface area (Å²) in [6, 6.07) is 10.4. The molecule has 2 aromatic rings. The average Bonchev–Trinajstić information content (AvgIpc) is 2.36. The van der Waals surface area contributed by atoms with E-state index in [0.29, 0.717) is 17.0 Å². The summed E-state index contributed by atoms with van der Waals surface area (Å²) in [7, 11) is 0. The second-order valence-corrected chi connectivity index (χ2v) is 5.85. The predicted molar refractivity (Wildman–Crippen MR) is 80.9 cm³/mol. The van der Waals surface area contributed by atoms with Gasteiger partial charge in [-0.3, -0.25) is 0 Å². The highest BCUT2D eigenvalue weighted by Gasteiger charge is 2.11. The maximum atomic E-state index is 13.7.